The third kappa shape index (κ3) is 2.64. The molecule has 0 bridgehead atoms. The summed E-state index contributed by atoms with van der Waals surface area (Å²) in [7, 11) is 1.90. The first-order valence-corrected chi connectivity index (χ1v) is 5.84. The second kappa shape index (κ2) is 4.99. The highest BCUT2D eigenvalue weighted by Crippen LogP contribution is 2.23. The van der Waals surface area contributed by atoms with Gasteiger partial charge in [-0.3, -0.25) is 4.68 Å². The van der Waals surface area contributed by atoms with Crippen molar-refractivity contribution in [1.82, 2.24) is 14.8 Å². The smallest absolute Gasteiger partial charge is 0.145 e. The first kappa shape index (κ1) is 11.6. The fraction of sp³-hybridized carbons (Fsp3) is 0.385. The van der Waals surface area contributed by atoms with Crippen LogP contribution in [0.5, 0.6) is 0 Å². The quantitative estimate of drug-likeness (QED) is 0.877. The summed E-state index contributed by atoms with van der Waals surface area (Å²) in [4.78, 5) is 4.19. The Morgan fingerprint density at radius 1 is 1.29 bits per heavy atom. The molecule has 1 aromatic carbocycles. The van der Waals surface area contributed by atoms with Crippen LogP contribution < -0.4 is 5.32 Å². The lowest BCUT2D eigenvalue weighted by Gasteiger charge is -2.14. The van der Waals surface area contributed by atoms with Crippen molar-refractivity contribution >= 4 is 5.69 Å². The van der Waals surface area contributed by atoms with Crippen LogP contribution in [0, 0.1) is 0 Å². The van der Waals surface area contributed by atoms with Gasteiger partial charge < -0.3 is 5.32 Å². The minimum absolute atomic E-state index is 0.512. The van der Waals surface area contributed by atoms with E-state index in [2.05, 4.69) is 47.4 Å². The van der Waals surface area contributed by atoms with Gasteiger partial charge >= 0.3 is 0 Å². The van der Waals surface area contributed by atoms with Gasteiger partial charge in [-0.2, -0.15) is 5.10 Å². The first-order valence-electron chi connectivity index (χ1n) is 5.84. The van der Waals surface area contributed by atoms with Gasteiger partial charge in [0, 0.05) is 12.7 Å². The molecule has 0 aliphatic heterocycles. The number of anilines is 1. The molecule has 2 rings (SSSR count). The normalized spacial score (nSPS) is 10.8. The van der Waals surface area contributed by atoms with Crippen LogP contribution in [0.15, 0.2) is 30.6 Å². The summed E-state index contributed by atoms with van der Waals surface area (Å²) < 4.78 is 1.78. The first-order chi connectivity index (χ1) is 8.18. The fourth-order valence-electron chi connectivity index (χ4n) is 1.82. The van der Waals surface area contributed by atoms with Gasteiger partial charge in [-0.1, -0.05) is 32.0 Å². The molecule has 2 aromatic rings. The Hall–Kier alpha value is -1.84. The van der Waals surface area contributed by atoms with Gasteiger partial charge in [-0.15, -0.1) is 0 Å². The van der Waals surface area contributed by atoms with Crippen molar-refractivity contribution in [3.05, 3.63) is 42.0 Å². The number of aryl methyl sites for hydroxylation is 1. The van der Waals surface area contributed by atoms with Crippen LogP contribution in [-0.2, 0) is 13.6 Å². The van der Waals surface area contributed by atoms with Crippen molar-refractivity contribution in [3.8, 4) is 0 Å². The fourth-order valence-corrected chi connectivity index (χ4v) is 1.82. The number of para-hydroxylation sites is 1. The Morgan fingerprint density at radius 3 is 2.71 bits per heavy atom. The van der Waals surface area contributed by atoms with Crippen molar-refractivity contribution in [2.45, 2.75) is 26.3 Å². The second-order valence-corrected chi connectivity index (χ2v) is 4.40. The number of rotatable bonds is 4. The average molecular weight is 230 g/mol. The molecular weight excluding hydrogens is 212 g/mol. The molecule has 1 heterocycles. The lowest BCUT2D eigenvalue weighted by molar-refractivity contribution is 0.711. The van der Waals surface area contributed by atoms with E-state index in [0.29, 0.717) is 12.5 Å². The van der Waals surface area contributed by atoms with Crippen LogP contribution in [0.2, 0.25) is 0 Å². The van der Waals surface area contributed by atoms with Gasteiger partial charge in [-0.05, 0) is 17.5 Å². The predicted octanol–water partition coefficient (Wildman–Crippen LogP) is 2.55. The van der Waals surface area contributed by atoms with Crippen molar-refractivity contribution in [3.63, 3.8) is 0 Å². The lowest BCUT2D eigenvalue weighted by atomic mass is 10.0. The number of aromatic nitrogens is 3. The predicted molar refractivity (Wildman–Crippen MR) is 68.9 cm³/mol. The van der Waals surface area contributed by atoms with E-state index in [1.807, 2.05) is 13.1 Å². The average Bonchev–Trinajstić information content (AvgIpc) is 2.72. The van der Waals surface area contributed by atoms with E-state index in [0.717, 1.165) is 5.82 Å². The number of nitrogens with zero attached hydrogens (tertiary/aromatic N) is 3. The van der Waals surface area contributed by atoms with Gasteiger partial charge in [0.05, 0.1) is 6.54 Å². The molecule has 4 nitrogen and oxygen atoms in total. The van der Waals surface area contributed by atoms with Crippen LogP contribution >= 0.6 is 0 Å². The molecule has 17 heavy (non-hydrogen) atoms. The summed E-state index contributed by atoms with van der Waals surface area (Å²) in [6, 6.07) is 8.38. The largest absolute Gasteiger partial charge is 0.378 e. The molecule has 4 heteroatoms. The highest BCUT2D eigenvalue weighted by Gasteiger charge is 2.06. The molecular formula is C13H18N4. The van der Waals surface area contributed by atoms with Crippen LogP contribution in [0.25, 0.3) is 0 Å². The van der Waals surface area contributed by atoms with E-state index < -0.39 is 0 Å². The van der Waals surface area contributed by atoms with Gasteiger partial charge in [0.25, 0.3) is 0 Å². The summed E-state index contributed by atoms with van der Waals surface area (Å²) in [5.41, 5.74) is 2.50. The Bertz CT molecular complexity index is 488. The summed E-state index contributed by atoms with van der Waals surface area (Å²) in [6.45, 7) is 5.09. The minimum Gasteiger partial charge on any atom is -0.378 e. The zero-order chi connectivity index (χ0) is 12.3. The summed E-state index contributed by atoms with van der Waals surface area (Å²) in [5, 5.41) is 7.47. The molecule has 0 aliphatic rings. The van der Waals surface area contributed by atoms with E-state index in [4.69, 9.17) is 0 Å². The molecule has 0 radical (unpaired) electrons. The van der Waals surface area contributed by atoms with Crippen LogP contribution in [-0.4, -0.2) is 14.8 Å². The molecule has 0 spiro atoms. The van der Waals surface area contributed by atoms with Crippen LogP contribution in [0.4, 0.5) is 5.69 Å². The van der Waals surface area contributed by atoms with E-state index >= 15 is 0 Å². The maximum atomic E-state index is 4.19. The van der Waals surface area contributed by atoms with E-state index in [-0.39, 0.29) is 0 Å². The number of benzene rings is 1. The zero-order valence-corrected chi connectivity index (χ0v) is 10.5. The molecule has 0 saturated heterocycles. The number of hydrogen-bond donors (Lipinski definition) is 1. The third-order valence-electron chi connectivity index (χ3n) is 2.82. The maximum Gasteiger partial charge on any atom is 0.145 e. The molecule has 0 aliphatic carbocycles. The third-order valence-corrected chi connectivity index (χ3v) is 2.82. The standard InChI is InChI=1S/C13H18N4/c1-10(2)11-6-4-5-7-12(11)14-8-13-15-9-16-17(13)3/h4-7,9-10,14H,8H2,1-3H3. The van der Waals surface area contributed by atoms with Crippen molar-refractivity contribution < 1.29 is 0 Å². The monoisotopic (exact) mass is 230 g/mol. The van der Waals surface area contributed by atoms with Crippen molar-refractivity contribution in [2.24, 2.45) is 7.05 Å². The van der Waals surface area contributed by atoms with Gasteiger partial charge in [0.15, 0.2) is 0 Å². The second-order valence-electron chi connectivity index (χ2n) is 4.40. The lowest BCUT2D eigenvalue weighted by Crippen LogP contribution is -2.08. The van der Waals surface area contributed by atoms with Gasteiger partial charge in [0.1, 0.15) is 12.2 Å². The van der Waals surface area contributed by atoms with E-state index in [1.54, 1.807) is 11.0 Å². The number of nitrogens with one attached hydrogen (secondary N) is 1. The van der Waals surface area contributed by atoms with Crippen molar-refractivity contribution in [1.29, 1.82) is 0 Å². The molecule has 0 atom stereocenters. The molecule has 1 aromatic heterocycles. The van der Waals surface area contributed by atoms with Gasteiger partial charge in [0.2, 0.25) is 0 Å². The van der Waals surface area contributed by atoms with Crippen molar-refractivity contribution in [2.75, 3.05) is 5.32 Å². The van der Waals surface area contributed by atoms with E-state index in [1.165, 1.54) is 11.3 Å². The zero-order valence-electron chi connectivity index (χ0n) is 10.5. The number of hydrogen-bond acceptors (Lipinski definition) is 3. The van der Waals surface area contributed by atoms with Crippen LogP contribution in [0.1, 0.15) is 31.2 Å². The molecule has 90 valence electrons. The minimum atomic E-state index is 0.512. The summed E-state index contributed by atoms with van der Waals surface area (Å²) in [6.07, 6.45) is 1.57. The molecule has 0 amide bonds. The Balaban J connectivity index is 2.11. The summed E-state index contributed by atoms with van der Waals surface area (Å²) in [5.74, 6) is 1.45. The highest BCUT2D eigenvalue weighted by atomic mass is 15.3. The van der Waals surface area contributed by atoms with Gasteiger partial charge in [-0.25, -0.2) is 4.98 Å². The Labute approximate surface area is 102 Å². The summed E-state index contributed by atoms with van der Waals surface area (Å²) >= 11 is 0. The maximum absolute atomic E-state index is 4.19. The van der Waals surface area contributed by atoms with E-state index in [9.17, 15) is 0 Å². The Kier molecular flexibility index (Phi) is 3.42. The SMILES string of the molecule is CC(C)c1ccccc1NCc1ncnn1C. The molecule has 0 fully saturated rings. The Morgan fingerprint density at radius 2 is 2.06 bits per heavy atom. The highest BCUT2D eigenvalue weighted by molar-refractivity contribution is 5.52. The van der Waals surface area contributed by atoms with Crippen LogP contribution in [0.3, 0.4) is 0 Å². The molecule has 0 unspecified atom stereocenters. The topological polar surface area (TPSA) is 42.7 Å². The molecule has 0 saturated carbocycles. The molecule has 1 N–H and O–H groups in total.